The van der Waals surface area contributed by atoms with Crippen molar-refractivity contribution in [1.82, 2.24) is 0 Å². The van der Waals surface area contributed by atoms with Crippen LogP contribution in [0, 0.1) is 19.8 Å². The van der Waals surface area contributed by atoms with Crippen molar-refractivity contribution in [3.05, 3.63) is 46.5 Å². The fraction of sp³-hybridized carbons (Fsp3) is 0.538. The maximum absolute atomic E-state index is 11.1. The average molecular weight is 409 g/mol. The number of phenols is 3. The van der Waals surface area contributed by atoms with Crippen molar-refractivity contribution in [2.75, 3.05) is 0 Å². The lowest BCUT2D eigenvalue weighted by Crippen LogP contribution is -2.57. The minimum absolute atomic E-state index is 0.00292. The van der Waals surface area contributed by atoms with E-state index in [-0.39, 0.29) is 28.6 Å². The fourth-order valence-corrected chi connectivity index (χ4v) is 6.77. The molecule has 0 bridgehead atoms. The van der Waals surface area contributed by atoms with E-state index in [2.05, 4.69) is 6.07 Å². The molecule has 0 saturated heterocycles. The highest BCUT2D eigenvalue weighted by Crippen LogP contribution is 2.64. The maximum atomic E-state index is 11.1. The first kappa shape index (κ1) is 19.6. The van der Waals surface area contributed by atoms with Gasteiger partial charge in [0.25, 0.3) is 0 Å². The van der Waals surface area contributed by atoms with Gasteiger partial charge in [0.15, 0.2) is 0 Å². The summed E-state index contributed by atoms with van der Waals surface area (Å²) >= 11 is 0. The summed E-state index contributed by atoms with van der Waals surface area (Å²) in [7, 11) is 0. The SMILES string of the molecule is Cc1c(O)ccc(C23CCCCC2C2(CCCCC2)c2ccc(O)c(C)c2O3)c1O. The van der Waals surface area contributed by atoms with Crippen LogP contribution < -0.4 is 4.74 Å². The molecule has 2 aromatic rings. The van der Waals surface area contributed by atoms with Crippen molar-refractivity contribution in [3.8, 4) is 23.0 Å². The molecule has 2 atom stereocenters. The van der Waals surface area contributed by atoms with Crippen LogP contribution in [0.25, 0.3) is 0 Å². The van der Waals surface area contributed by atoms with Gasteiger partial charge in [-0.05, 0) is 64.2 Å². The topological polar surface area (TPSA) is 69.9 Å². The molecule has 2 aromatic carbocycles. The predicted octanol–water partition coefficient (Wildman–Crippen LogP) is 6.10. The van der Waals surface area contributed by atoms with E-state index in [9.17, 15) is 15.3 Å². The van der Waals surface area contributed by atoms with Gasteiger partial charge in [0.05, 0.1) is 0 Å². The van der Waals surface area contributed by atoms with E-state index < -0.39 is 5.60 Å². The molecule has 2 fully saturated rings. The smallest absolute Gasteiger partial charge is 0.141 e. The molecule has 1 heterocycles. The van der Waals surface area contributed by atoms with Gasteiger partial charge in [-0.1, -0.05) is 31.7 Å². The summed E-state index contributed by atoms with van der Waals surface area (Å²) in [5.41, 5.74) is 2.70. The highest BCUT2D eigenvalue weighted by atomic mass is 16.5. The Morgan fingerprint density at radius 1 is 0.767 bits per heavy atom. The molecule has 4 nitrogen and oxygen atoms in total. The van der Waals surface area contributed by atoms with Gasteiger partial charge < -0.3 is 20.1 Å². The van der Waals surface area contributed by atoms with Crippen LogP contribution in [0.4, 0.5) is 0 Å². The van der Waals surface area contributed by atoms with Crippen molar-refractivity contribution >= 4 is 0 Å². The second-order valence-corrected chi connectivity index (χ2v) is 9.70. The predicted molar refractivity (Wildman–Crippen MR) is 116 cm³/mol. The summed E-state index contributed by atoms with van der Waals surface area (Å²) in [6, 6.07) is 7.46. The summed E-state index contributed by atoms with van der Waals surface area (Å²) in [6.07, 6.45) is 10.0. The van der Waals surface area contributed by atoms with E-state index in [4.69, 9.17) is 4.74 Å². The van der Waals surface area contributed by atoms with Crippen molar-refractivity contribution in [2.45, 2.75) is 82.7 Å². The highest BCUT2D eigenvalue weighted by molar-refractivity contribution is 5.58. The Bertz CT molecular complexity index is 989. The first-order valence-electron chi connectivity index (χ1n) is 11.4. The van der Waals surface area contributed by atoms with Gasteiger partial charge in [-0.2, -0.15) is 0 Å². The third-order valence-corrected chi connectivity index (χ3v) is 8.32. The minimum atomic E-state index is -0.635. The molecular weight excluding hydrogens is 376 g/mol. The van der Waals surface area contributed by atoms with Crippen LogP contribution in [0.2, 0.25) is 0 Å². The number of phenolic OH excluding ortho intramolecular Hbond substituents is 3. The zero-order valence-electron chi connectivity index (χ0n) is 18.0. The molecule has 4 heteroatoms. The molecule has 1 aliphatic heterocycles. The number of fused-ring (bicyclic) bond motifs is 4. The number of ether oxygens (including phenoxy) is 1. The lowest BCUT2D eigenvalue weighted by atomic mass is 9.51. The summed E-state index contributed by atoms with van der Waals surface area (Å²) in [5, 5.41) is 31.8. The molecule has 2 unspecified atom stereocenters. The maximum Gasteiger partial charge on any atom is 0.141 e. The van der Waals surface area contributed by atoms with Crippen molar-refractivity contribution in [2.24, 2.45) is 5.92 Å². The lowest BCUT2D eigenvalue weighted by Gasteiger charge is -2.59. The van der Waals surface area contributed by atoms with Crippen LogP contribution in [0.1, 0.15) is 80.0 Å². The molecule has 3 aliphatic rings. The first-order chi connectivity index (χ1) is 14.4. The van der Waals surface area contributed by atoms with Gasteiger partial charge in [-0.15, -0.1) is 0 Å². The zero-order chi connectivity index (χ0) is 21.1. The third kappa shape index (κ3) is 2.52. The third-order valence-electron chi connectivity index (χ3n) is 8.32. The van der Waals surface area contributed by atoms with E-state index in [0.29, 0.717) is 5.56 Å². The van der Waals surface area contributed by atoms with E-state index >= 15 is 0 Å². The monoisotopic (exact) mass is 408 g/mol. The van der Waals surface area contributed by atoms with Gasteiger partial charge in [-0.3, -0.25) is 0 Å². The van der Waals surface area contributed by atoms with Crippen LogP contribution in [0.5, 0.6) is 23.0 Å². The largest absolute Gasteiger partial charge is 0.508 e. The van der Waals surface area contributed by atoms with Gasteiger partial charge in [0.2, 0.25) is 0 Å². The van der Waals surface area contributed by atoms with E-state index in [1.54, 1.807) is 13.0 Å². The highest BCUT2D eigenvalue weighted by Gasteiger charge is 2.60. The van der Waals surface area contributed by atoms with Crippen molar-refractivity contribution in [3.63, 3.8) is 0 Å². The Hall–Kier alpha value is -2.36. The van der Waals surface area contributed by atoms with Gasteiger partial charge in [0, 0.05) is 33.6 Å². The number of hydrogen-bond acceptors (Lipinski definition) is 4. The van der Waals surface area contributed by atoms with E-state index in [1.807, 2.05) is 19.1 Å². The molecule has 2 saturated carbocycles. The van der Waals surface area contributed by atoms with E-state index in [1.165, 1.54) is 31.2 Å². The molecule has 2 aliphatic carbocycles. The summed E-state index contributed by atoms with van der Waals surface area (Å²) in [6.45, 7) is 3.69. The second kappa shape index (κ2) is 6.83. The molecule has 160 valence electrons. The summed E-state index contributed by atoms with van der Waals surface area (Å²) < 4.78 is 6.92. The van der Waals surface area contributed by atoms with Crippen LogP contribution >= 0.6 is 0 Å². The molecule has 1 spiro atoms. The van der Waals surface area contributed by atoms with E-state index in [0.717, 1.165) is 49.0 Å². The molecule has 3 N–H and O–H groups in total. The zero-order valence-corrected chi connectivity index (χ0v) is 18.0. The Kier molecular flexibility index (Phi) is 4.46. The van der Waals surface area contributed by atoms with Gasteiger partial charge in [-0.25, -0.2) is 0 Å². The van der Waals surface area contributed by atoms with Crippen LogP contribution in [0.15, 0.2) is 24.3 Å². The molecule has 30 heavy (non-hydrogen) atoms. The molecule has 0 amide bonds. The Labute approximate surface area is 178 Å². The van der Waals surface area contributed by atoms with Gasteiger partial charge >= 0.3 is 0 Å². The Morgan fingerprint density at radius 3 is 2.13 bits per heavy atom. The normalized spacial score (nSPS) is 27.2. The molecular formula is C26H32O4. The second-order valence-electron chi connectivity index (χ2n) is 9.70. The Balaban J connectivity index is 1.80. The van der Waals surface area contributed by atoms with Crippen LogP contribution in [0.3, 0.4) is 0 Å². The quantitative estimate of drug-likeness (QED) is 0.533. The van der Waals surface area contributed by atoms with Crippen molar-refractivity contribution < 1.29 is 20.1 Å². The number of aromatic hydroxyl groups is 3. The summed E-state index contributed by atoms with van der Waals surface area (Å²) in [5.74, 6) is 1.59. The molecule has 0 radical (unpaired) electrons. The van der Waals surface area contributed by atoms with Crippen molar-refractivity contribution in [1.29, 1.82) is 0 Å². The Morgan fingerprint density at radius 2 is 1.40 bits per heavy atom. The number of benzene rings is 2. The first-order valence-corrected chi connectivity index (χ1v) is 11.4. The minimum Gasteiger partial charge on any atom is -0.508 e. The summed E-state index contributed by atoms with van der Waals surface area (Å²) in [4.78, 5) is 0. The standard InChI is InChI=1S/C26H32O4/c1-16-20(27)11-9-18(23(16)29)26-15-7-4-8-22(26)25(13-5-3-6-14-25)19-10-12-21(28)17(2)24(19)30-26/h9-12,22,27-29H,3-8,13-15H2,1-2H3. The number of rotatable bonds is 1. The van der Waals surface area contributed by atoms with Gasteiger partial charge in [0.1, 0.15) is 28.6 Å². The lowest BCUT2D eigenvalue weighted by molar-refractivity contribution is -0.0965. The molecule has 5 rings (SSSR count). The fourth-order valence-electron chi connectivity index (χ4n) is 6.77. The average Bonchev–Trinajstić information content (AvgIpc) is 2.76. The van der Waals surface area contributed by atoms with Crippen LogP contribution in [-0.2, 0) is 11.0 Å². The molecule has 0 aromatic heterocycles. The number of hydrogen-bond donors (Lipinski definition) is 3. The van der Waals surface area contributed by atoms with Crippen LogP contribution in [-0.4, -0.2) is 15.3 Å².